The van der Waals surface area contributed by atoms with E-state index in [1.807, 2.05) is 140 Å². The first-order valence-corrected chi connectivity index (χ1v) is 15.4. The smallest absolute Gasteiger partial charge is 0.0622 e. The van der Waals surface area contributed by atoms with Gasteiger partial charge in [-0.15, -0.1) is 0 Å². The van der Waals surface area contributed by atoms with Crippen LogP contribution in [0.15, 0.2) is 182 Å². The Balaban J connectivity index is 1.58. The van der Waals surface area contributed by atoms with Crippen molar-refractivity contribution in [3.8, 4) is 44.5 Å². The topological polar surface area (TPSA) is 0 Å². The van der Waals surface area contributed by atoms with Gasteiger partial charge in [-0.2, -0.15) is 0 Å². The third-order valence-electron chi connectivity index (χ3n) is 8.88. The Morgan fingerprint density at radius 2 is 0.957 bits per heavy atom. The van der Waals surface area contributed by atoms with Crippen molar-refractivity contribution in [3.63, 3.8) is 0 Å². The molecule has 0 nitrogen and oxygen atoms in total. The second kappa shape index (κ2) is 10.9. The summed E-state index contributed by atoms with van der Waals surface area (Å²) in [5.41, 5.74) is 4.78. The predicted octanol–water partition coefficient (Wildman–Crippen LogP) is 13.0. The summed E-state index contributed by atoms with van der Waals surface area (Å²) in [6.07, 6.45) is 0. The summed E-state index contributed by atoms with van der Waals surface area (Å²) in [4.78, 5) is 0. The fourth-order valence-corrected chi connectivity index (χ4v) is 6.77. The molecule has 9 rings (SSSR count). The van der Waals surface area contributed by atoms with Gasteiger partial charge in [-0.05, 0) is 99.7 Å². The van der Waals surface area contributed by atoms with Crippen LogP contribution in [0.3, 0.4) is 0 Å². The largest absolute Gasteiger partial charge is 0.0636 e. The lowest BCUT2D eigenvalue weighted by molar-refractivity contribution is 1.60. The number of benzene rings is 9. The van der Waals surface area contributed by atoms with E-state index in [0.717, 1.165) is 32.7 Å². The third-order valence-corrected chi connectivity index (χ3v) is 8.88. The molecular weight excluding hydrogens is 553 g/mol. The molecule has 0 N–H and O–H groups in total. The molecule has 0 spiro atoms. The van der Waals surface area contributed by atoms with Gasteiger partial charge in [-0.3, -0.25) is 0 Å². The maximum atomic E-state index is 10.1. The Labute approximate surface area is 278 Å². The molecule has 9 aromatic rings. The maximum Gasteiger partial charge on any atom is 0.0636 e. The van der Waals surface area contributed by atoms with Crippen LogP contribution >= 0.6 is 0 Å². The fraction of sp³-hybridized carbons (Fsp3) is 0. The monoisotopic (exact) mass is 589 g/mol. The quantitative estimate of drug-likeness (QED) is 0.179. The van der Waals surface area contributed by atoms with Crippen LogP contribution in [0, 0.1) is 0 Å². The molecule has 0 saturated heterocycles. The summed E-state index contributed by atoms with van der Waals surface area (Å²) in [6, 6.07) is 43.3. The van der Waals surface area contributed by atoms with Crippen LogP contribution in [0.5, 0.6) is 0 Å². The summed E-state index contributed by atoms with van der Waals surface area (Å²) in [7, 11) is 0. The SMILES string of the molecule is [2H]c1c([2H])c([2H])c2c(-c3ccccc3-c3ccccc3)c3c([2H])c([2H])c(-c4cccc5ccccc45)c([2H])c3c(-c3ccc4ccccc4c3)c2c1[2H]. The summed E-state index contributed by atoms with van der Waals surface area (Å²) < 4.78 is 66.3. The highest BCUT2D eigenvalue weighted by molar-refractivity contribution is 6.23. The highest BCUT2D eigenvalue weighted by Crippen LogP contribution is 2.47. The molecule has 46 heavy (non-hydrogen) atoms. The van der Waals surface area contributed by atoms with E-state index in [-0.39, 0.29) is 53.1 Å². The zero-order valence-corrected chi connectivity index (χ0v) is 24.8. The second-order valence-electron chi connectivity index (χ2n) is 11.5. The van der Waals surface area contributed by atoms with E-state index in [9.17, 15) is 6.85 Å². The summed E-state index contributed by atoms with van der Waals surface area (Å²) >= 11 is 0. The van der Waals surface area contributed by atoms with Gasteiger partial charge in [-0.25, -0.2) is 0 Å². The van der Waals surface area contributed by atoms with Crippen LogP contribution in [0.4, 0.5) is 0 Å². The fourth-order valence-electron chi connectivity index (χ4n) is 6.77. The third kappa shape index (κ3) is 4.30. The van der Waals surface area contributed by atoms with Gasteiger partial charge in [-0.1, -0.05) is 170 Å². The van der Waals surface area contributed by atoms with Gasteiger partial charge in [0.25, 0.3) is 0 Å². The van der Waals surface area contributed by atoms with Crippen LogP contribution in [0.25, 0.3) is 87.6 Å². The van der Waals surface area contributed by atoms with Crippen molar-refractivity contribution < 1.29 is 9.60 Å². The lowest BCUT2D eigenvalue weighted by Gasteiger charge is -2.21. The standard InChI is InChI=1S/C46H30/c1-2-14-32(15-3-1)38-20-8-9-21-40(38)46-42-23-11-10-22-41(42)45(36-26-25-31-13-4-5-17-34(31)29-36)44-30-35(27-28-43(44)46)39-24-12-18-33-16-6-7-19-37(33)39/h1-30H/i10D,11D,22D,23D,27D,28D,30D. The van der Waals surface area contributed by atoms with Gasteiger partial charge in [0.2, 0.25) is 0 Å². The Hall–Kier alpha value is -5.98. The zero-order chi connectivity index (χ0) is 36.5. The Kier molecular flexibility index (Phi) is 4.76. The highest BCUT2D eigenvalue weighted by Gasteiger charge is 2.20. The van der Waals surface area contributed by atoms with Crippen molar-refractivity contribution in [1.82, 2.24) is 0 Å². The molecule has 0 unspecified atom stereocenters. The molecule has 0 bridgehead atoms. The molecule has 214 valence electrons. The molecule has 0 heterocycles. The van der Waals surface area contributed by atoms with Crippen molar-refractivity contribution in [2.24, 2.45) is 0 Å². The van der Waals surface area contributed by atoms with Gasteiger partial charge in [0.1, 0.15) is 0 Å². The molecule has 0 aliphatic rings. The normalized spacial score (nSPS) is 13.6. The van der Waals surface area contributed by atoms with Gasteiger partial charge in [0, 0.05) is 0 Å². The van der Waals surface area contributed by atoms with E-state index >= 15 is 0 Å². The molecular formula is C46H30. The first-order chi connectivity index (χ1) is 25.8. The summed E-state index contributed by atoms with van der Waals surface area (Å²) in [6.45, 7) is 0. The molecule has 0 aliphatic carbocycles. The van der Waals surface area contributed by atoms with Crippen molar-refractivity contribution in [1.29, 1.82) is 0 Å². The van der Waals surface area contributed by atoms with E-state index in [1.54, 1.807) is 0 Å². The molecule has 0 radical (unpaired) electrons. The van der Waals surface area contributed by atoms with E-state index in [2.05, 4.69) is 0 Å². The predicted molar refractivity (Wildman–Crippen MR) is 198 cm³/mol. The first kappa shape index (κ1) is 20.1. The van der Waals surface area contributed by atoms with Gasteiger partial charge in [0.15, 0.2) is 0 Å². The molecule has 0 aromatic heterocycles. The van der Waals surface area contributed by atoms with Crippen LogP contribution in [-0.4, -0.2) is 0 Å². The molecule has 0 atom stereocenters. The number of hydrogen-bond donors (Lipinski definition) is 0. The minimum Gasteiger partial charge on any atom is -0.0622 e. The minimum absolute atomic E-state index is 0.0215. The number of fused-ring (bicyclic) bond motifs is 4. The highest BCUT2D eigenvalue weighted by atomic mass is 14.2. The van der Waals surface area contributed by atoms with Crippen LogP contribution < -0.4 is 0 Å². The van der Waals surface area contributed by atoms with Crippen LogP contribution in [0.1, 0.15) is 9.60 Å². The molecule has 0 fully saturated rings. The average molecular weight is 590 g/mol. The van der Waals surface area contributed by atoms with E-state index in [1.165, 1.54) is 0 Å². The lowest BCUT2D eigenvalue weighted by Crippen LogP contribution is -1.93. The number of hydrogen-bond acceptors (Lipinski definition) is 0. The molecule has 0 aliphatic heterocycles. The van der Waals surface area contributed by atoms with Crippen molar-refractivity contribution >= 4 is 43.1 Å². The maximum absolute atomic E-state index is 10.1. The number of rotatable bonds is 4. The van der Waals surface area contributed by atoms with Gasteiger partial charge >= 0.3 is 0 Å². The molecule has 9 aromatic carbocycles. The minimum atomic E-state index is -0.388. The Morgan fingerprint density at radius 3 is 1.80 bits per heavy atom. The van der Waals surface area contributed by atoms with Gasteiger partial charge in [0.05, 0.1) is 9.60 Å². The van der Waals surface area contributed by atoms with E-state index in [0.29, 0.717) is 44.2 Å². The summed E-state index contributed by atoms with van der Waals surface area (Å²) in [5.74, 6) is 0. The molecule has 0 amide bonds. The van der Waals surface area contributed by atoms with Crippen LogP contribution in [-0.2, 0) is 0 Å². The average Bonchev–Trinajstić information content (AvgIpc) is 3.20. The van der Waals surface area contributed by atoms with E-state index in [4.69, 9.17) is 2.74 Å². The van der Waals surface area contributed by atoms with Crippen LogP contribution in [0.2, 0.25) is 0 Å². The Bertz CT molecular complexity index is 2960. The van der Waals surface area contributed by atoms with Crippen molar-refractivity contribution in [2.75, 3.05) is 0 Å². The second-order valence-corrected chi connectivity index (χ2v) is 11.5. The van der Waals surface area contributed by atoms with E-state index < -0.39 is 0 Å². The zero-order valence-electron chi connectivity index (χ0n) is 31.8. The lowest BCUT2D eigenvalue weighted by atomic mass is 9.82. The van der Waals surface area contributed by atoms with Crippen molar-refractivity contribution in [3.05, 3.63) is 182 Å². The molecule has 0 heteroatoms. The van der Waals surface area contributed by atoms with Crippen molar-refractivity contribution in [2.45, 2.75) is 0 Å². The molecule has 0 saturated carbocycles. The Morgan fingerprint density at radius 1 is 0.326 bits per heavy atom. The van der Waals surface area contributed by atoms with Gasteiger partial charge < -0.3 is 0 Å². The summed E-state index contributed by atoms with van der Waals surface area (Å²) in [5, 5.41) is 4.89. The first-order valence-electron chi connectivity index (χ1n) is 18.9.